The fraction of sp³-hybridized carbons (Fsp3) is 0.458. The van der Waals surface area contributed by atoms with E-state index in [0.717, 1.165) is 19.4 Å². The van der Waals surface area contributed by atoms with Gasteiger partial charge in [-0.25, -0.2) is 0 Å². The Morgan fingerprint density at radius 1 is 1.03 bits per heavy atom. The van der Waals surface area contributed by atoms with Crippen molar-refractivity contribution in [3.8, 4) is 17.2 Å². The molecule has 2 aromatic rings. The Balaban J connectivity index is 1.42. The first kappa shape index (κ1) is 20.5. The molecule has 1 fully saturated rings. The number of anilines is 1. The Morgan fingerprint density at radius 2 is 1.73 bits per heavy atom. The van der Waals surface area contributed by atoms with E-state index in [-0.39, 0.29) is 5.91 Å². The van der Waals surface area contributed by atoms with Crippen molar-refractivity contribution in [2.45, 2.75) is 44.2 Å². The summed E-state index contributed by atoms with van der Waals surface area (Å²) in [7, 11) is 4.69. The van der Waals surface area contributed by atoms with Crippen molar-refractivity contribution in [1.82, 2.24) is 4.90 Å². The van der Waals surface area contributed by atoms with Crippen LogP contribution in [0.5, 0.6) is 17.2 Å². The van der Waals surface area contributed by atoms with Gasteiger partial charge in [-0.2, -0.15) is 0 Å². The van der Waals surface area contributed by atoms with Gasteiger partial charge in [-0.1, -0.05) is 24.3 Å². The van der Waals surface area contributed by atoms with Gasteiger partial charge < -0.3 is 19.5 Å². The summed E-state index contributed by atoms with van der Waals surface area (Å²) < 4.78 is 16.1. The molecule has 0 radical (unpaired) electrons. The lowest BCUT2D eigenvalue weighted by molar-refractivity contribution is -0.116. The maximum Gasteiger partial charge on any atom is 0.225 e. The highest BCUT2D eigenvalue weighted by Crippen LogP contribution is 2.42. The standard InChI is InChI=1S/C24H30N2O4/c1-28-21-14-17(15-22(29-2)24(21)30-3)25-23(27)12-13-26(18-9-10-18)20-11-8-16-6-4-5-7-19(16)20/h4-7,14-15,18,20H,8-13H2,1-3H3,(H,25,27). The third kappa shape index (κ3) is 4.24. The lowest BCUT2D eigenvalue weighted by Gasteiger charge is -2.29. The van der Waals surface area contributed by atoms with E-state index in [4.69, 9.17) is 14.2 Å². The lowest BCUT2D eigenvalue weighted by atomic mass is 10.1. The average molecular weight is 411 g/mol. The maximum absolute atomic E-state index is 12.7. The summed E-state index contributed by atoms with van der Waals surface area (Å²) in [6.07, 6.45) is 5.18. The second kappa shape index (κ2) is 8.96. The van der Waals surface area contributed by atoms with Crippen molar-refractivity contribution < 1.29 is 19.0 Å². The summed E-state index contributed by atoms with van der Waals surface area (Å²) in [5.41, 5.74) is 3.53. The minimum absolute atomic E-state index is 0.0128. The number of ether oxygens (including phenoxy) is 3. The molecule has 1 unspecified atom stereocenters. The smallest absolute Gasteiger partial charge is 0.225 e. The quantitative estimate of drug-likeness (QED) is 0.672. The largest absolute Gasteiger partial charge is 0.493 e. The number of carbonyl (C=O) groups excluding carboxylic acids is 1. The zero-order chi connectivity index (χ0) is 21.1. The topological polar surface area (TPSA) is 60.0 Å². The Hall–Kier alpha value is -2.73. The van der Waals surface area contributed by atoms with Crippen LogP contribution in [0.4, 0.5) is 5.69 Å². The highest BCUT2D eigenvalue weighted by Gasteiger charge is 2.37. The number of nitrogens with one attached hydrogen (secondary N) is 1. The zero-order valence-electron chi connectivity index (χ0n) is 17.9. The van der Waals surface area contributed by atoms with Crippen LogP contribution in [0.15, 0.2) is 36.4 Å². The monoisotopic (exact) mass is 410 g/mol. The maximum atomic E-state index is 12.7. The van der Waals surface area contributed by atoms with Gasteiger partial charge in [0.25, 0.3) is 0 Å². The van der Waals surface area contributed by atoms with E-state index in [1.807, 2.05) is 0 Å². The van der Waals surface area contributed by atoms with E-state index >= 15 is 0 Å². The average Bonchev–Trinajstić information content (AvgIpc) is 3.52. The molecule has 1 saturated carbocycles. The number of hydrogen-bond donors (Lipinski definition) is 1. The van der Waals surface area contributed by atoms with Crippen molar-refractivity contribution >= 4 is 11.6 Å². The number of carbonyl (C=O) groups is 1. The molecule has 0 saturated heterocycles. The van der Waals surface area contributed by atoms with Crippen LogP contribution in [0.25, 0.3) is 0 Å². The second-order valence-electron chi connectivity index (χ2n) is 7.93. The van der Waals surface area contributed by atoms with Crippen LogP contribution in [0.3, 0.4) is 0 Å². The molecule has 1 amide bonds. The van der Waals surface area contributed by atoms with Crippen LogP contribution in [-0.4, -0.2) is 44.7 Å². The minimum Gasteiger partial charge on any atom is -0.493 e. The van der Waals surface area contributed by atoms with Gasteiger partial charge in [0.2, 0.25) is 11.7 Å². The van der Waals surface area contributed by atoms with Gasteiger partial charge in [-0.05, 0) is 36.8 Å². The molecule has 6 heteroatoms. The van der Waals surface area contributed by atoms with Gasteiger partial charge >= 0.3 is 0 Å². The molecular formula is C24H30N2O4. The van der Waals surface area contributed by atoms with Crippen LogP contribution < -0.4 is 19.5 Å². The molecule has 0 aromatic heterocycles. The van der Waals surface area contributed by atoms with Crippen LogP contribution in [0.2, 0.25) is 0 Å². The number of nitrogens with zero attached hydrogens (tertiary/aromatic N) is 1. The first-order valence-electron chi connectivity index (χ1n) is 10.6. The van der Waals surface area contributed by atoms with E-state index in [2.05, 4.69) is 34.5 Å². The van der Waals surface area contributed by atoms with Crippen molar-refractivity contribution in [1.29, 1.82) is 0 Å². The van der Waals surface area contributed by atoms with Crippen molar-refractivity contribution in [2.24, 2.45) is 0 Å². The number of aryl methyl sites for hydroxylation is 1. The molecule has 0 heterocycles. The van der Waals surface area contributed by atoms with Gasteiger partial charge in [-0.3, -0.25) is 9.69 Å². The first-order chi connectivity index (χ1) is 14.6. The molecular weight excluding hydrogens is 380 g/mol. The summed E-state index contributed by atoms with van der Waals surface area (Å²) in [5, 5.41) is 2.99. The van der Waals surface area contributed by atoms with Gasteiger partial charge in [0.05, 0.1) is 21.3 Å². The van der Waals surface area contributed by atoms with Crippen LogP contribution in [0, 0.1) is 0 Å². The Kier molecular flexibility index (Phi) is 6.13. The van der Waals surface area contributed by atoms with Gasteiger partial charge in [0.1, 0.15) is 0 Å². The Bertz CT molecular complexity index is 885. The molecule has 4 rings (SSSR count). The zero-order valence-corrected chi connectivity index (χ0v) is 17.9. The summed E-state index contributed by atoms with van der Waals surface area (Å²) in [6, 6.07) is 13.3. The molecule has 0 spiro atoms. The third-order valence-electron chi connectivity index (χ3n) is 6.06. The highest BCUT2D eigenvalue weighted by atomic mass is 16.5. The molecule has 2 aromatic carbocycles. The summed E-state index contributed by atoms with van der Waals surface area (Å²) in [6.45, 7) is 0.764. The van der Waals surface area contributed by atoms with E-state index in [9.17, 15) is 4.79 Å². The van der Waals surface area contributed by atoms with Crippen LogP contribution >= 0.6 is 0 Å². The van der Waals surface area contributed by atoms with Crippen molar-refractivity contribution in [3.05, 3.63) is 47.5 Å². The van der Waals surface area contributed by atoms with E-state index < -0.39 is 0 Å². The normalized spacial score (nSPS) is 17.5. The molecule has 1 N–H and O–H groups in total. The number of hydrogen-bond acceptors (Lipinski definition) is 5. The first-order valence-corrected chi connectivity index (χ1v) is 10.6. The van der Waals surface area contributed by atoms with E-state index in [1.54, 1.807) is 33.5 Å². The number of methoxy groups -OCH3 is 3. The molecule has 0 bridgehead atoms. The highest BCUT2D eigenvalue weighted by molar-refractivity contribution is 5.91. The molecule has 2 aliphatic rings. The van der Waals surface area contributed by atoms with E-state index in [1.165, 1.54) is 24.0 Å². The Morgan fingerprint density at radius 3 is 2.37 bits per heavy atom. The van der Waals surface area contributed by atoms with Gasteiger partial charge in [0, 0.05) is 42.9 Å². The van der Waals surface area contributed by atoms with Crippen molar-refractivity contribution in [3.63, 3.8) is 0 Å². The van der Waals surface area contributed by atoms with E-state index in [0.29, 0.717) is 41.4 Å². The van der Waals surface area contributed by atoms with Crippen LogP contribution in [0.1, 0.15) is 42.9 Å². The molecule has 2 aliphatic carbocycles. The van der Waals surface area contributed by atoms with Crippen molar-refractivity contribution in [2.75, 3.05) is 33.2 Å². The third-order valence-corrected chi connectivity index (χ3v) is 6.06. The second-order valence-corrected chi connectivity index (χ2v) is 7.93. The molecule has 0 aliphatic heterocycles. The summed E-state index contributed by atoms with van der Waals surface area (Å²) in [5.74, 6) is 1.54. The summed E-state index contributed by atoms with van der Waals surface area (Å²) in [4.78, 5) is 15.3. The fourth-order valence-electron chi connectivity index (χ4n) is 4.49. The fourth-order valence-corrected chi connectivity index (χ4v) is 4.49. The molecule has 30 heavy (non-hydrogen) atoms. The number of fused-ring (bicyclic) bond motifs is 1. The minimum atomic E-state index is -0.0128. The SMILES string of the molecule is COc1cc(NC(=O)CCN(C2CC2)C2CCc3ccccc32)cc(OC)c1OC. The Labute approximate surface area is 178 Å². The number of benzene rings is 2. The predicted octanol–water partition coefficient (Wildman–Crippen LogP) is 4.19. The van der Waals surface area contributed by atoms with Gasteiger partial charge in [0.15, 0.2) is 11.5 Å². The molecule has 160 valence electrons. The molecule has 6 nitrogen and oxygen atoms in total. The summed E-state index contributed by atoms with van der Waals surface area (Å²) >= 11 is 0. The molecule has 1 atom stereocenters. The van der Waals surface area contributed by atoms with Gasteiger partial charge in [-0.15, -0.1) is 0 Å². The lowest BCUT2D eigenvalue weighted by Crippen LogP contribution is -2.33. The van der Waals surface area contributed by atoms with Crippen LogP contribution in [-0.2, 0) is 11.2 Å². The predicted molar refractivity (Wildman–Crippen MR) is 117 cm³/mol. The number of amides is 1. The number of rotatable bonds is 9.